The third-order valence-corrected chi connectivity index (χ3v) is 5.35. The van der Waals surface area contributed by atoms with Crippen molar-refractivity contribution < 1.29 is 4.79 Å². The van der Waals surface area contributed by atoms with Crippen molar-refractivity contribution in [3.05, 3.63) is 0 Å². The number of piperidine rings is 1. The van der Waals surface area contributed by atoms with Crippen LogP contribution in [0.2, 0.25) is 0 Å². The lowest BCUT2D eigenvalue weighted by atomic mass is 9.74. The van der Waals surface area contributed by atoms with Crippen LogP contribution in [0.15, 0.2) is 0 Å². The van der Waals surface area contributed by atoms with Gasteiger partial charge in [0.15, 0.2) is 0 Å². The highest BCUT2D eigenvalue weighted by molar-refractivity contribution is 5.82. The maximum Gasteiger partial charge on any atom is 0.228 e. The summed E-state index contributed by atoms with van der Waals surface area (Å²) in [5, 5.41) is 3.40. The Morgan fingerprint density at radius 3 is 2.45 bits per heavy atom. The summed E-state index contributed by atoms with van der Waals surface area (Å²) in [4.78, 5) is 15.0. The molecule has 116 valence electrons. The number of rotatable bonds is 5. The summed E-state index contributed by atoms with van der Waals surface area (Å²) < 4.78 is 0. The molecule has 1 saturated heterocycles. The zero-order chi connectivity index (χ0) is 14.4. The predicted molar refractivity (Wildman–Crippen MR) is 83.7 cm³/mol. The zero-order valence-electron chi connectivity index (χ0n) is 13.4. The number of nitrogens with zero attached hydrogens (tertiary/aromatic N) is 1. The fraction of sp³-hybridized carbons (Fsp3) is 0.941. The minimum atomic E-state index is -0.0661. The van der Waals surface area contributed by atoms with Gasteiger partial charge in [0.25, 0.3) is 0 Å². The number of carbonyl (C=O) groups excluding carboxylic acids is 1. The highest BCUT2D eigenvalue weighted by atomic mass is 16.2. The standard InChI is InChI=1S/C17H32N2O/c1-3-9-17(10-12-18-13-11-17)16(20)19(2)14-15-7-5-4-6-8-15/h15,18H,3-14H2,1-2H3. The van der Waals surface area contributed by atoms with Gasteiger partial charge in [-0.1, -0.05) is 32.6 Å². The molecule has 3 heteroatoms. The summed E-state index contributed by atoms with van der Waals surface area (Å²) in [7, 11) is 2.04. The average molecular weight is 280 g/mol. The quantitative estimate of drug-likeness (QED) is 0.839. The zero-order valence-corrected chi connectivity index (χ0v) is 13.4. The van der Waals surface area contributed by atoms with Crippen LogP contribution < -0.4 is 5.32 Å². The molecule has 20 heavy (non-hydrogen) atoms. The van der Waals surface area contributed by atoms with E-state index >= 15 is 0 Å². The normalized spacial score (nSPS) is 23.5. The molecule has 0 radical (unpaired) electrons. The molecule has 1 heterocycles. The molecule has 3 nitrogen and oxygen atoms in total. The van der Waals surface area contributed by atoms with Crippen molar-refractivity contribution in [3.8, 4) is 0 Å². The molecule has 1 saturated carbocycles. The Kier molecular flexibility index (Phi) is 5.88. The summed E-state index contributed by atoms with van der Waals surface area (Å²) >= 11 is 0. The molecule has 0 spiro atoms. The molecule has 0 aromatic heterocycles. The Balaban J connectivity index is 1.95. The Bertz CT molecular complexity index is 299. The van der Waals surface area contributed by atoms with Gasteiger partial charge in [-0.05, 0) is 51.1 Å². The molecule has 2 rings (SSSR count). The minimum absolute atomic E-state index is 0.0661. The maximum absolute atomic E-state index is 13.0. The molecule has 0 aromatic rings. The first-order valence-corrected chi connectivity index (χ1v) is 8.64. The Morgan fingerprint density at radius 1 is 1.20 bits per heavy atom. The number of hydrogen-bond acceptors (Lipinski definition) is 2. The summed E-state index contributed by atoms with van der Waals surface area (Å²) in [6.07, 6.45) is 11.0. The molecule has 1 amide bonds. The predicted octanol–water partition coefficient (Wildman–Crippen LogP) is 3.20. The molecular formula is C17H32N2O. The summed E-state index contributed by atoms with van der Waals surface area (Å²) in [5.74, 6) is 1.17. The monoisotopic (exact) mass is 280 g/mol. The molecule has 1 aliphatic carbocycles. The second-order valence-electron chi connectivity index (χ2n) is 6.97. The second-order valence-corrected chi connectivity index (χ2v) is 6.97. The maximum atomic E-state index is 13.0. The van der Waals surface area contributed by atoms with Crippen LogP contribution in [0.4, 0.5) is 0 Å². The molecule has 0 unspecified atom stereocenters. The van der Waals surface area contributed by atoms with Gasteiger partial charge in [-0.3, -0.25) is 4.79 Å². The van der Waals surface area contributed by atoms with Crippen LogP contribution in [0.5, 0.6) is 0 Å². The van der Waals surface area contributed by atoms with E-state index in [1.807, 2.05) is 7.05 Å². The highest BCUT2D eigenvalue weighted by Crippen LogP contribution is 2.36. The number of hydrogen-bond donors (Lipinski definition) is 1. The lowest BCUT2D eigenvalue weighted by molar-refractivity contribution is -0.143. The highest BCUT2D eigenvalue weighted by Gasteiger charge is 2.40. The van der Waals surface area contributed by atoms with E-state index in [2.05, 4.69) is 17.1 Å². The number of amides is 1. The van der Waals surface area contributed by atoms with E-state index in [-0.39, 0.29) is 5.41 Å². The van der Waals surface area contributed by atoms with E-state index in [9.17, 15) is 4.79 Å². The summed E-state index contributed by atoms with van der Waals surface area (Å²) in [5.41, 5.74) is -0.0661. The molecule has 1 N–H and O–H groups in total. The van der Waals surface area contributed by atoms with E-state index in [1.165, 1.54) is 32.1 Å². The molecule has 0 bridgehead atoms. The average Bonchev–Trinajstić information content (AvgIpc) is 2.48. The Hall–Kier alpha value is -0.570. The Labute approximate surface area is 124 Å². The lowest BCUT2D eigenvalue weighted by Gasteiger charge is -2.40. The molecular weight excluding hydrogens is 248 g/mol. The first-order valence-electron chi connectivity index (χ1n) is 8.64. The fourth-order valence-corrected chi connectivity index (χ4v) is 4.20. The van der Waals surface area contributed by atoms with Crippen molar-refractivity contribution in [3.63, 3.8) is 0 Å². The number of carbonyl (C=O) groups is 1. The summed E-state index contributed by atoms with van der Waals surface area (Å²) in [6, 6.07) is 0. The van der Waals surface area contributed by atoms with Crippen LogP contribution in [0, 0.1) is 11.3 Å². The fourth-order valence-electron chi connectivity index (χ4n) is 4.20. The van der Waals surface area contributed by atoms with Crippen LogP contribution in [-0.4, -0.2) is 37.5 Å². The van der Waals surface area contributed by atoms with Gasteiger partial charge in [-0.15, -0.1) is 0 Å². The van der Waals surface area contributed by atoms with Crippen molar-refractivity contribution in [2.45, 2.75) is 64.7 Å². The van der Waals surface area contributed by atoms with E-state index in [4.69, 9.17) is 0 Å². The van der Waals surface area contributed by atoms with E-state index in [0.29, 0.717) is 5.91 Å². The number of nitrogens with one attached hydrogen (secondary N) is 1. The largest absolute Gasteiger partial charge is 0.345 e. The van der Waals surface area contributed by atoms with Crippen molar-refractivity contribution in [1.29, 1.82) is 0 Å². The smallest absolute Gasteiger partial charge is 0.228 e. The molecule has 1 aliphatic heterocycles. The van der Waals surface area contributed by atoms with Crippen LogP contribution in [-0.2, 0) is 4.79 Å². The van der Waals surface area contributed by atoms with Gasteiger partial charge in [0, 0.05) is 13.6 Å². The van der Waals surface area contributed by atoms with E-state index < -0.39 is 0 Å². The van der Waals surface area contributed by atoms with Crippen molar-refractivity contribution in [2.24, 2.45) is 11.3 Å². The first kappa shape index (κ1) is 15.8. The lowest BCUT2D eigenvalue weighted by Crippen LogP contribution is -2.49. The van der Waals surface area contributed by atoms with Crippen molar-refractivity contribution in [1.82, 2.24) is 10.2 Å². The van der Waals surface area contributed by atoms with Gasteiger partial charge < -0.3 is 10.2 Å². The van der Waals surface area contributed by atoms with Gasteiger partial charge in [0.2, 0.25) is 5.91 Å². The molecule has 2 aliphatic rings. The molecule has 2 fully saturated rings. The topological polar surface area (TPSA) is 32.3 Å². The van der Waals surface area contributed by atoms with Crippen molar-refractivity contribution in [2.75, 3.05) is 26.7 Å². The second kappa shape index (κ2) is 7.44. The summed E-state index contributed by atoms with van der Waals surface area (Å²) in [6.45, 7) is 5.20. The van der Waals surface area contributed by atoms with Crippen LogP contribution >= 0.6 is 0 Å². The van der Waals surface area contributed by atoms with E-state index in [1.54, 1.807) is 0 Å². The SMILES string of the molecule is CCCC1(C(=O)N(C)CC2CCCCC2)CCNCC1. The Morgan fingerprint density at radius 2 is 1.85 bits per heavy atom. The van der Waals surface area contributed by atoms with Gasteiger partial charge in [0.05, 0.1) is 5.41 Å². The third-order valence-electron chi connectivity index (χ3n) is 5.35. The van der Waals surface area contributed by atoms with Crippen LogP contribution in [0.1, 0.15) is 64.7 Å². The van der Waals surface area contributed by atoms with E-state index in [0.717, 1.165) is 51.2 Å². The van der Waals surface area contributed by atoms with Gasteiger partial charge in [-0.2, -0.15) is 0 Å². The molecule has 0 atom stereocenters. The van der Waals surface area contributed by atoms with Crippen LogP contribution in [0.25, 0.3) is 0 Å². The third kappa shape index (κ3) is 3.75. The molecule has 0 aromatic carbocycles. The van der Waals surface area contributed by atoms with Gasteiger partial charge in [-0.25, -0.2) is 0 Å². The van der Waals surface area contributed by atoms with Gasteiger partial charge in [0.1, 0.15) is 0 Å². The van der Waals surface area contributed by atoms with Crippen molar-refractivity contribution >= 4 is 5.91 Å². The van der Waals surface area contributed by atoms with Crippen LogP contribution in [0.3, 0.4) is 0 Å². The minimum Gasteiger partial charge on any atom is -0.345 e. The first-order chi connectivity index (χ1) is 9.68. The van der Waals surface area contributed by atoms with Gasteiger partial charge >= 0.3 is 0 Å².